The maximum absolute atomic E-state index is 12.8. The summed E-state index contributed by atoms with van der Waals surface area (Å²) in [5.74, 6) is 1.21. The highest BCUT2D eigenvalue weighted by Crippen LogP contribution is 2.24. The van der Waals surface area contributed by atoms with Crippen molar-refractivity contribution in [2.75, 3.05) is 13.1 Å². The Kier molecular flexibility index (Phi) is 4.24. The number of carbonyl (C=O) groups is 1. The zero-order valence-corrected chi connectivity index (χ0v) is 15.1. The summed E-state index contributed by atoms with van der Waals surface area (Å²) in [6, 6.07) is 0. The van der Waals surface area contributed by atoms with Gasteiger partial charge in [-0.2, -0.15) is 0 Å². The van der Waals surface area contributed by atoms with Gasteiger partial charge in [-0.05, 0) is 43.2 Å². The van der Waals surface area contributed by atoms with Crippen LogP contribution in [0.15, 0.2) is 4.79 Å². The monoisotopic (exact) mass is 330 g/mol. The van der Waals surface area contributed by atoms with Crippen molar-refractivity contribution < 1.29 is 4.79 Å². The minimum atomic E-state index is -0.0936. The standard InChI is InChI=1S/C18H26N4O2/c1-10-6-11(2)9-22(8-10)15(23)7-14-12(3)16-17(19-13(14)4)20-21(5)18(16)24/h10-11H,6-9H2,1-5H3,(H,19,20). The number of piperidine rings is 1. The number of carbonyl (C=O) groups excluding carboxylic acids is 1. The Labute approximate surface area is 141 Å². The van der Waals surface area contributed by atoms with Gasteiger partial charge in [-0.15, -0.1) is 0 Å². The fourth-order valence-corrected chi connectivity index (χ4v) is 4.00. The second kappa shape index (κ2) is 6.07. The number of fused-ring (bicyclic) bond motifs is 1. The summed E-state index contributed by atoms with van der Waals surface area (Å²) in [5, 5.41) is 3.55. The molecule has 6 nitrogen and oxygen atoms in total. The second-order valence-electron chi connectivity index (χ2n) is 7.42. The van der Waals surface area contributed by atoms with Crippen molar-refractivity contribution in [3.8, 4) is 0 Å². The van der Waals surface area contributed by atoms with Gasteiger partial charge in [0.1, 0.15) is 0 Å². The van der Waals surface area contributed by atoms with Crippen LogP contribution in [0.1, 0.15) is 37.1 Å². The molecule has 3 rings (SSSR count). The highest BCUT2D eigenvalue weighted by Gasteiger charge is 2.26. The van der Waals surface area contributed by atoms with Gasteiger partial charge in [-0.25, -0.2) is 4.98 Å². The number of H-pyrrole nitrogens is 1. The lowest BCUT2D eigenvalue weighted by Gasteiger charge is -2.35. The first kappa shape index (κ1) is 16.7. The molecule has 0 saturated carbocycles. The Hall–Kier alpha value is -2.11. The zero-order valence-electron chi connectivity index (χ0n) is 15.1. The van der Waals surface area contributed by atoms with Crippen molar-refractivity contribution in [3.63, 3.8) is 0 Å². The molecule has 24 heavy (non-hydrogen) atoms. The number of aryl methyl sites for hydroxylation is 3. The molecular formula is C18H26N4O2. The van der Waals surface area contributed by atoms with Gasteiger partial charge >= 0.3 is 0 Å². The van der Waals surface area contributed by atoms with Crippen LogP contribution in [0.4, 0.5) is 0 Å². The fraction of sp³-hybridized carbons (Fsp3) is 0.611. The van der Waals surface area contributed by atoms with Crippen molar-refractivity contribution >= 4 is 16.9 Å². The number of nitrogens with zero attached hydrogens (tertiary/aromatic N) is 3. The highest BCUT2D eigenvalue weighted by atomic mass is 16.2. The van der Waals surface area contributed by atoms with Gasteiger partial charge in [0, 0.05) is 25.8 Å². The summed E-state index contributed by atoms with van der Waals surface area (Å²) in [5.41, 5.74) is 3.06. The number of rotatable bonds is 2. The summed E-state index contributed by atoms with van der Waals surface area (Å²) in [6.45, 7) is 9.86. The molecule has 0 spiro atoms. The van der Waals surface area contributed by atoms with E-state index in [2.05, 4.69) is 23.9 Å². The van der Waals surface area contributed by atoms with E-state index in [1.807, 2.05) is 18.7 Å². The molecule has 2 aromatic rings. The Morgan fingerprint density at radius 2 is 1.88 bits per heavy atom. The topological polar surface area (TPSA) is 71.0 Å². The predicted octanol–water partition coefficient (Wildman–Crippen LogP) is 1.93. The van der Waals surface area contributed by atoms with Gasteiger partial charge in [0.2, 0.25) is 5.91 Å². The number of hydrogen-bond acceptors (Lipinski definition) is 3. The Bertz CT molecular complexity index is 839. The molecule has 3 heterocycles. The first-order valence-corrected chi connectivity index (χ1v) is 8.60. The number of aromatic nitrogens is 3. The van der Waals surface area contributed by atoms with Crippen LogP contribution in [-0.2, 0) is 18.3 Å². The molecule has 2 unspecified atom stereocenters. The van der Waals surface area contributed by atoms with Crippen LogP contribution in [0, 0.1) is 25.7 Å². The fourth-order valence-electron chi connectivity index (χ4n) is 4.00. The van der Waals surface area contributed by atoms with E-state index in [-0.39, 0.29) is 11.5 Å². The number of amides is 1. The van der Waals surface area contributed by atoms with Gasteiger partial charge < -0.3 is 4.90 Å². The van der Waals surface area contributed by atoms with Crippen LogP contribution in [0.5, 0.6) is 0 Å². The Morgan fingerprint density at radius 1 is 1.25 bits per heavy atom. The van der Waals surface area contributed by atoms with Crippen LogP contribution in [-0.4, -0.2) is 38.7 Å². The molecule has 2 atom stereocenters. The molecule has 130 valence electrons. The summed E-state index contributed by atoms with van der Waals surface area (Å²) in [6.07, 6.45) is 1.49. The summed E-state index contributed by atoms with van der Waals surface area (Å²) in [7, 11) is 1.68. The van der Waals surface area contributed by atoms with Crippen LogP contribution >= 0.6 is 0 Å². The summed E-state index contributed by atoms with van der Waals surface area (Å²) >= 11 is 0. The number of hydrogen-bond donors (Lipinski definition) is 1. The summed E-state index contributed by atoms with van der Waals surface area (Å²) in [4.78, 5) is 31.5. The molecule has 1 fully saturated rings. The number of aromatic amines is 1. The van der Waals surface area contributed by atoms with Crippen LogP contribution < -0.4 is 5.56 Å². The molecule has 1 aliphatic heterocycles. The van der Waals surface area contributed by atoms with Gasteiger partial charge in [0.05, 0.1) is 11.8 Å². The normalized spacial score (nSPS) is 21.5. The second-order valence-corrected chi connectivity index (χ2v) is 7.42. The predicted molar refractivity (Wildman–Crippen MR) is 94.0 cm³/mol. The Balaban J connectivity index is 1.93. The number of pyridine rings is 1. The lowest BCUT2D eigenvalue weighted by molar-refractivity contribution is -0.133. The highest BCUT2D eigenvalue weighted by molar-refractivity contribution is 5.84. The van der Waals surface area contributed by atoms with Crippen LogP contribution in [0.3, 0.4) is 0 Å². The molecule has 1 amide bonds. The van der Waals surface area contributed by atoms with Gasteiger partial charge in [-0.3, -0.25) is 19.4 Å². The molecule has 0 aliphatic carbocycles. The molecular weight excluding hydrogens is 304 g/mol. The molecule has 2 aromatic heterocycles. The van der Waals surface area contributed by atoms with Crippen LogP contribution in [0.25, 0.3) is 11.0 Å². The zero-order chi connectivity index (χ0) is 17.6. The van der Waals surface area contributed by atoms with Gasteiger partial charge in [0.25, 0.3) is 5.56 Å². The lowest BCUT2D eigenvalue weighted by Crippen LogP contribution is -2.43. The third-order valence-electron chi connectivity index (χ3n) is 5.12. The first-order valence-electron chi connectivity index (χ1n) is 8.60. The van der Waals surface area contributed by atoms with Crippen LogP contribution in [0.2, 0.25) is 0 Å². The quantitative estimate of drug-likeness (QED) is 0.914. The SMILES string of the molecule is Cc1nc2[nH]n(C)c(=O)c2c(C)c1CC(=O)N1CC(C)CC(C)C1. The third kappa shape index (κ3) is 2.85. The van der Waals surface area contributed by atoms with E-state index in [1.165, 1.54) is 11.1 Å². The largest absolute Gasteiger partial charge is 0.342 e. The number of likely N-dealkylation sites (tertiary alicyclic amines) is 1. The smallest absolute Gasteiger partial charge is 0.276 e. The maximum atomic E-state index is 12.8. The molecule has 0 radical (unpaired) electrons. The van der Waals surface area contributed by atoms with E-state index in [1.54, 1.807) is 7.05 Å². The third-order valence-corrected chi connectivity index (χ3v) is 5.12. The molecule has 1 saturated heterocycles. The Morgan fingerprint density at radius 3 is 2.50 bits per heavy atom. The maximum Gasteiger partial charge on any atom is 0.276 e. The average molecular weight is 330 g/mol. The minimum absolute atomic E-state index is 0.0936. The minimum Gasteiger partial charge on any atom is -0.342 e. The van der Waals surface area contributed by atoms with E-state index in [9.17, 15) is 9.59 Å². The lowest BCUT2D eigenvalue weighted by atomic mass is 9.91. The van der Waals surface area contributed by atoms with E-state index < -0.39 is 0 Å². The van der Waals surface area contributed by atoms with Crippen molar-refractivity contribution in [3.05, 3.63) is 27.2 Å². The van der Waals surface area contributed by atoms with Crippen molar-refractivity contribution in [1.29, 1.82) is 0 Å². The van der Waals surface area contributed by atoms with E-state index >= 15 is 0 Å². The molecule has 6 heteroatoms. The van der Waals surface area contributed by atoms with E-state index in [4.69, 9.17) is 0 Å². The summed E-state index contributed by atoms with van der Waals surface area (Å²) < 4.78 is 1.43. The molecule has 0 bridgehead atoms. The van der Waals surface area contributed by atoms with E-state index in [0.717, 1.165) is 29.9 Å². The van der Waals surface area contributed by atoms with Crippen molar-refractivity contribution in [2.24, 2.45) is 18.9 Å². The first-order chi connectivity index (χ1) is 11.3. The van der Waals surface area contributed by atoms with Gasteiger partial charge in [-0.1, -0.05) is 13.8 Å². The number of nitrogens with one attached hydrogen (secondary N) is 1. The van der Waals surface area contributed by atoms with Gasteiger partial charge in [0.15, 0.2) is 5.65 Å². The average Bonchev–Trinajstić information content (AvgIpc) is 2.77. The van der Waals surface area contributed by atoms with Crippen molar-refractivity contribution in [2.45, 2.75) is 40.5 Å². The molecule has 0 aromatic carbocycles. The molecule has 1 N–H and O–H groups in total. The molecule has 1 aliphatic rings. The van der Waals surface area contributed by atoms with Crippen molar-refractivity contribution in [1.82, 2.24) is 19.7 Å². The van der Waals surface area contributed by atoms with E-state index in [0.29, 0.717) is 29.3 Å².